The van der Waals surface area contributed by atoms with Gasteiger partial charge in [-0.2, -0.15) is 0 Å². The van der Waals surface area contributed by atoms with Crippen LogP contribution in [0, 0.1) is 0 Å². The van der Waals surface area contributed by atoms with E-state index in [9.17, 15) is 4.79 Å². The molecule has 0 atom stereocenters. The second-order valence-electron chi connectivity index (χ2n) is 4.74. The van der Waals surface area contributed by atoms with Crippen LogP contribution in [0.3, 0.4) is 0 Å². The van der Waals surface area contributed by atoms with E-state index in [0.29, 0.717) is 16.8 Å². The van der Waals surface area contributed by atoms with Crippen molar-refractivity contribution in [2.24, 2.45) is 5.73 Å². The molecule has 0 unspecified atom stereocenters. The second-order valence-corrected chi connectivity index (χ2v) is 5.17. The summed E-state index contributed by atoms with van der Waals surface area (Å²) >= 11 is 6.01. The third-order valence-electron chi connectivity index (χ3n) is 3.39. The molecule has 1 aliphatic carbocycles. The molecular weight excluding hydrogens is 250 g/mol. The van der Waals surface area contributed by atoms with Gasteiger partial charge in [0.1, 0.15) is 0 Å². The maximum absolute atomic E-state index is 11.2. The molecule has 0 radical (unpaired) electrons. The predicted molar refractivity (Wildman–Crippen MR) is 74.7 cm³/mol. The van der Waals surface area contributed by atoms with Crippen molar-refractivity contribution in [2.75, 3.05) is 17.2 Å². The number of nitrogen functional groups attached to an aromatic ring is 1. The van der Waals surface area contributed by atoms with Crippen LogP contribution in [-0.4, -0.2) is 18.5 Å². The number of primary amides is 1. The number of carbonyl (C=O) groups is 1. The van der Waals surface area contributed by atoms with Crippen molar-refractivity contribution in [3.63, 3.8) is 0 Å². The number of benzene rings is 1. The molecule has 1 aliphatic rings. The Hall–Kier alpha value is -1.42. The monoisotopic (exact) mass is 267 g/mol. The van der Waals surface area contributed by atoms with Gasteiger partial charge in [-0.3, -0.25) is 4.79 Å². The smallest absolute Gasteiger partial charge is 0.236 e. The summed E-state index contributed by atoms with van der Waals surface area (Å²) in [4.78, 5) is 13.2. The predicted octanol–water partition coefficient (Wildman–Crippen LogP) is 2.16. The minimum atomic E-state index is -0.346. The van der Waals surface area contributed by atoms with E-state index in [4.69, 9.17) is 23.1 Å². The lowest BCUT2D eigenvalue weighted by Crippen LogP contribution is -2.40. The quantitative estimate of drug-likeness (QED) is 0.821. The Morgan fingerprint density at radius 2 is 2.06 bits per heavy atom. The lowest BCUT2D eigenvalue weighted by molar-refractivity contribution is -0.116. The van der Waals surface area contributed by atoms with E-state index < -0.39 is 0 Å². The van der Waals surface area contributed by atoms with E-state index in [-0.39, 0.29) is 12.5 Å². The molecule has 98 valence electrons. The number of hydrogen-bond donors (Lipinski definition) is 2. The molecule has 0 spiro atoms. The molecule has 0 aliphatic heterocycles. The van der Waals surface area contributed by atoms with E-state index in [2.05, 4.69) is 0 Å². The zero-order valence-corrected chi connectivity index (χ0v) is 11.0. The summed E-state index contributed by atoms with van der Waals surface area (Å²) in [5.41, 5.74) is 12.8. The van der Waals surface area contributed by atoms with Crippen molar-refractivity contribution in [3.05, 3.63) is 23.2 Å². The Balaban J connectivity index is 2.31. The van der Waals surface area contributed by atoms with Crippen LogP contribution in [0.4, 0.5) is 11.4 Å². The largest absolute Gasteiger partial charge is 0.397 e. The zero-order chi connectivity index (χ0) is 13.1. The van der Waals surface area contributed by atoms with Gasteiger partial charge in [-0.15, -0.1) is 0 Å². The summed E-state index contributed by atoms with van der Waals surface area (Å²) in [7, 11) is 0. The van der Waals surface area contributed by atoms with Crippen molar-refractivity contribution in [1.82, 2.24) is 0 Å². The minimum Gasteiger partial charge on any atom is -0.397 e. The van der Waals surface area contributed by atoms with Gasteiger partial charge in [0.2, 0.25) is 5.91 Å². The maximum atomic E-state index is 11.2. The summed E-state index contributed by atoms with van der Waals surface area (Å²) in [6, 6.07) is 5.65. The van der Waals surface area contributed by atoms with Crippen LogP contribution in [0.25, 0.3) is 0 Å². The minimum absolute atomic E-state index is 0.190. The van der Waals surface area contributed by atoms with Crippen molar-refractivity contribution in [3.8, 4) is 0 Å². The van der Waals surface area contributed by atoms with Crippen LogP contribution in [0.15, 0.2) is 18.2 Å². The van der Waals surface area contributed by atoms with E-state index in [1.165, 1.54) is 12.8 Å². The topological polar surface area (TPSA) is 72.4 Å². The highest BCUT2D eigenvalue weighted by Gasteiger charge is 2.25. The molecule has 1 amide bonds. The van der Waals surface area contributed by atoms with Crippen molar-refractivity contribution in [1.29, 1.82) is 0 Å². The molecule has 0 saturated heterocycles. The van der Waals surface area contributed by atoms with Gasteiger partial charge in [0.15, 0.2) is 0 Å². The van der Waals surface area contributed by atoms with Crippen LogP contribution < -0.4 is 16.4 Å². The molecule has 0 aromatic heterocycles. The average Bonchev–Trinajstić information content (AvgIpc) is 2.82. The molecule has 1 aromatic carbocycles. The molecule has 4 N–H and O–H groups in total. The summed E-state index contributed by atoms with van der Waals surface area (Å²) in [5, 5.41) is 0.617. The average molecular weight is 268 g/mol. The van der Waals surface area contributed by atoms with E-state index in [1.54, 1.807) is 18.2 Å². The van der Waals surface area contributed by atoms with E-state index >= 15 is 0 Å². The van der Waals surface area contributed by atoms with Crippen LogP contribution >= 0.6 is 11.6 Å². The Morgan fingerprint density at radius 3 is 2.67 bits per heavy atom. The van der Waals surface area contributed by atoms with E-state index in [0.717, 1.165) is 18.5 Å². The summed E-state index contributed by atoms with van der Waals surface area (Å²) < 4.78 is 0. The number of rotatable bonds is 4. The van der Waals surface area contributed by atoms with Gasteiger partial charge < -0.3 is 16.4 Å². The van der Waals surface area contributed by atoms with Crippen molar-refractivity contribution >= 4 is 28.9 Å². The van der Waals surface area contributed by atoms with Crippen molar-refractivity contribution < 1.29 is 4.79 Å². The van der Waals surface area contributed by atoms with Crippen LogP contribution in [0.5, 0.6) is 0 Å². The lowest BCUT2D eigenvalue weighted by Gasteiger charge is -2.31. The van der Waals surface area contributed by atoms with Gasteiger partial charge in [0.05, 0.1) is 17.9 Å². The molecule has 5 heteroatoms. The van der Waals surface area contributed by atoms with Crippen LogP contribution in [-0.2, 0) is 4.79 Å². The summed E-state index contributed by atoms with van der Waals surface area (Å²) in [6.45, 7) is 0.190. The number of nitrogens with zero attached hydrogens (tertiary/aromatic N) is 1. The van der Waals surface area contributed by atoms with Crippen LogP contribution in [0.2, 0.25) is 5.02 Å². The highest BCUT2D eigenvalue weighted by atomic mass is 35.5. The molecule has 1 aromatic rings. The van der Waals surface area contributed by atoms with Gasteiger partial charge in [0.25, 0.3) is 0 Å². The first-order valence-electron chi connectivity index (χ1n) is 6.18. The fourth-order valence-electron chi connectivity index (χ4n) is 2.56. The van der Waals surface area contributed by atoms with Crippen molar-refractivity contribution in [2.45, 2.75) is 31.7 Å². The molecule has 1 fully saturated rings. The number of hydrogen-bond acceptors (Lipinski definition) is 3. The van der Waals surface area contributed by atoms with Gasteiger partial charge in [-0.1, -0.05) is 24.4 Å². The maximum Gasteiger partial charge on any atom is 0.236 e. The molecule has 1 saturated carbocycles. The lowest BCUT2D eigenvalue weighted by atomic mass is 10.1. The zero-order valence-electron chi connectivity index (χ0n) is 10.2. The standard InChI is InChI=1S/C13H18ClN3O/c14-9-5-6-11(15)12(7-9)17(8-13(16)18)10-3-1-2-4-10/h5-7,10H,1-4,8,15H2,(H2,16,18). The highest BCUT2D eigenvalue weighted by molar-refractivity contribution is 6.31. The molecule has 2 rings (SSSR count). The second kappa shape index (κ2) is 5.48. The molecular formula is C13H18ClN3O. The first-order valence-corrected chi connectivity index (χ1v) is 6.55. The number of nitrogens with two attached hydrogens (primary N) is 2. The first kappa shape index (κ1) is 13.0. The van der Waals surface area contributed by atoms with Gasteiger partial charge in [0, 0.05) is 11.1 Å². The Bertz CT molecular complexity index is 444. The number of anilines is 2. The Morgan fingerprint density at radius 1 is 1.39 bits per heavy atom. The number of carbonyl (C=O) groups excluding carboxylic acids is 1. The normalized spacial score (nSPS) is 15.8. The molecule has 0 bridgehead atoms. The van der Waals surface area contributed by atoms with Gasteiger partial charge >= 0.3 is 0 Å². The summed E-state index contributed by atoms with van der Waals surface area (Å²) in [6.07, 6.45) is 4.50. The molecule has 0 heterocycles. The highest BCUT2D eigenvalue weighted by Crippen LogP contribution is 2.33. The fraction of sp³-hybridized carbons (Fsp3) is 0.462. The Kier molecular flexibility index (Phi) is 3.97. The molecule has 4 nitrogen and oxygen atoms in total. The third kappa shape index (κ3) is 2.88. The number of halogens is 1. The Labute approximate surface area is 112 Å². The van der Waals surface area contributed by atoms with Crippen LogP contribution in [0.1, 0.15) is 25.7 Å². The summed E-state index contributed by atoms with van der Waals surface area (Å²) in [5.74, 6) is -0.346. The SMILES string of the molecule is NC(=O)CN(c1cc(Cl)ccc1N)C1CCCC1. The third-order valence-corrected chi connectivity index (χ3v) is 3.63. The van der Waals surface area contributed by atoms with E-state index in [1.807, 2.05) is 4.90 Å². The first-order chi connectivity index (χ1) is 8.58. The molecule has 18 heavy (non-hydrogen) atoms. The number of amides is 1. The fourth-order valence-corrected chi connectivity index (χ4v) is 2.73. The van der Waals surface area contributed by atoms with Gasteiger partial charge in [-0.25, -0.2) is 0 Å². The van der Waals surface area contributed by atoms with Gasteiger partial charge in [-0.05, 0) is 31.0 Å².